The highest BCUT2D eigenvalue weighted by Gasteiger charge is 2.13. The lowest BCUT2D eigenvalue weighted by Crippen LogP contribution is -1.93. The topological polar surface area (TPSA) is 25.8 Å². The molecule has 156 valence electrons. The molecule has 0 saturated heterocycles. The van der Waals surface area contributed by atoms with Gasteiger partial charge in [-0.15, -0.1) is 0 Å². The Morgan fingerprint density at radius 2 is 1.19 bits per heavy atom. The Balaban J connectivity index is 1.67. The van der Waals surface area contributed by atoms with E-state index in [9.17, 15) is 0 Å². The van der Waals surface area contributed by atoms with Crippen LogP contribution in [-0.2, 0) is 0 Å². The molecule has 32 heavy (non-hydrogen) atoms. The van der Waals surface area contributed by atoms with Crippen molar-refractivity contribution in [3.63, 3.8) is 0 Å². The minimum atomic E-state index is 0.997. The Morgan fingerprint density at radius 1 is 0.531 bits per heavy atom. The summed E-state index contributed by atoms with van der Waals surface area (Å²) in [6.07, 6.45) is 3.90. The second-order valence-corrected chi connectivity index (χ2v) is 8.62. The van der Waals surface area contributed by atoms with Crippen molar-refractivity contribution >= 4 is 10.8 Å². The van der Waals surface area contributed by atoms with Gasteiger partial charge in [0.05, 0.1) is 11.4 Å². The van der Waals surface area contributed by atoms with Crippen molar-refractivity contribution in [3.05, 3.63) is 107 Å². The molecule has 0 aliphatic rings. The summed E-state index contributed by atoms with van der Waals surface area (Å²) in [7, 11) is 0. The predicted molar refractivity (Wildman–Crippen MR) is 135 cm³/mol. The van der Waals surface area contributed by atoms with E-state index >= 15 is 0 Å². The van der Waals surface area contributed by atoms with Gasteiger partial charge in [-0.1, -0.05) is 54.6 Å². The third-order valence-corrected chi connectivity index (χ3v) is 6.24. The molecule has 2 heterocycles. The van der Waals surface area contributed by atoms with Gasteiger partial charge in [0.25, 0.3) is 0 Å². The maximum atomic E-state index is 4.83. The molecule has 0 radical (unpaired) electrons. The molecule has 0 atom stereocenters. The second-order valence-electron chi connectivity index (χ2n) is 8.62. The quantitative estimate of drug-likeness (QED) is 0.300. The number of aryl methyl sites for hydroxylation is 4. The Hall–Kier alpha value is -3.78. The van der Waals surface area contributed by atoms with Crippen LogP contribution in [0.25, 0.3) is 44.4 Å². The van der Waals surface area contributed by atoms with Gasteiger partial charge in [-0.05, 0) is 84.7 Å². The number of hydrogen-bond donors (Lipinski definition) is 0. The molecule has 2 heteroatoms. The lowest BCUT2D eigenvalue weighted by Gasteiger charge is -2.15. The van der Waals surface area contributed by atoms with Gasteiger partial charge in [0.1, 0.15) is 0 Å². The fourth-order valence-corrected chi connectivity index (χ4v) is 4.33. The summed E-state index contributed by atoms with van der Waals surface area (Å²) in [4.78, 5) is 9.46. The number of aromatic nitrogens is 2. The summed E-state index contributed by atoms with van der Waals surface area (Å²) >= 11 is 0. The van der Waals surface area contributed by atoms with Crippen LogP contribution in [-0.4, -0.2) is 9.97 Å². The molecule has 2 aromatic heterocycles. The van der Waals surface area contributed by atoms with Crippen LogP contribution >= 0.6 is 0 Å². The minimum absolute atomic E-state index is 0.997. The summed E-state index contributed by atoms with van der Waals surface area (Å²) in [6.45, 7) is 8.53. The summed E-state index contributed by atoms with van der Waals surface area (Å²) in [5.74, 6) is 0. The normalized spacial score (nSPS) is 11.1. The van der Waals surface area contributed by atoms with E-state index < -0.39 is 0 Å². The van der Waals surface area contributed by atoms with Crippen molar-refractivity contribution in [3.8, 4) is 33.6 Å². The summed E-state index contributed by atoms with van der Waals surface area (Å²) < 4.78 is 0. The first-order chi connectivity index (χ1) is 15.5. The average molecular weight is 415 g/mol. The zero-order valence-corrected chi connectivity index (χ0v) is 19.0. The highest BCUT2D eigenvalue weighted by atomic mass is 14.7. The Bertz CT molecular complexity index is 1450. The third kappa shape index (κ3) is 3.58. The van der Waals surface area contributed by atoms with E-state index in [1.165, 1.54) is 44.2 Å². The van der Waals surface area contributed by atoms with Crippen molar-refractivity contribution < 1.29 is 0 Å². The van der Waals surface area contributed by atoms with E-state index in [1.54, 1.807) is 0 Å². The molecule has 0 saturated carbocycles. The lowest BCUT2D eigenvalue weighted by molar-refractivity contribution is 1.27. The lowest BCUT2D eigenvalue weighted by atomic mass is 9.91. The molecule has 3 aromatic carbocycles. The standard InChI is InChI=1S/C30H26N2/c1-19-9-14-29(31-17-19)23-12-10-20(2)27(15-23)28-16-24(13-11-21(28)3)30-26-8-6-5-7-25(26)22(4)18-32-30/h5-18H,1-4H3. The van der Waals surface area contributed by atoms with Gasteiger partial charge in [0.2, 0.25) is 0 Å². The van der Waals surface area contributed by atoms with Gasteiger partial charge < -0.3 is 0 Å². The minimum Gasteiger partial charge on any atom is -0.256 e. The maximum Gasteiger partial charge on any atom is 0.0780 e. The van der Waals surface area contributed by atoms with Crippen LogP contribution in [0.15, 0.2) is 85.2 Å². The zero-order valence-electron chi connectivity index (χ0n) is 19.0. The molecule has 0 N–H and O–H groups in total. The van der Waals surface area contributed by atoms with Crippen molar-refractivity contribution in [2.75, 3.05) is 0 Å². The van der Waals surface area contributed by atoms with Crippen LogP contribution in [0.3, 0.4) is 0 Å². The summed E-state index contributed by atoms with van der Waals surface area (Å²) in [5, 5.41) is 2.44. The molecule has 0 amide bonds. The first-order valence-corrected chi connectivity index (χ1v) is 11.0. The van der Waals surface area contributed by atoms with Crippen LogP contribution in [0.4, 0.5) is 0 Å². The molecule has 5 aromatic rings. The van der Waals surface area contributed by atoms with Crippen LogP contribution in [0.1, 0.15) is 22.3 Å². The molecule has 2 nitrogen and oxygen atoms in total. The monoisotopic (exact) mass is 414 g/mol. The molecular weight excluding hydrogens is 388 g/mol. The first kappa shape index (κ1) is 20.1. The molecule has 5 rings (SSSR count). The number of fused-ring (bicyclic) bond motifs is 1. The Morgan fingerprint density at radius 3 is 1.88 bits per heavy atom. The fraction of sp³-hybridized carbons (Fsp3) is 0.133. The first-order valence-electron chi connectivity index (χ1n) is 11.0. The SMILES string of the molecule is Cc1ccc(-c2ccc(C)c(-c3cc(-c4ncc(C)c5ccccc45)ccc3C)c2)nc1. The molecule has 0 aliphatic carbocycles. The van der Waals surface area contributed by atoms with E-state index in [-0.39, 0.29) is 0 Å². The average Bonchev–Trinajstić information content (AvgIpc) is 2.81. The number of rotatable bonds is 3. The number of benzene rings is 3. The third-order valence-electron chi connectivity index (χ3n) is 6.24. The van der Waals surface area contributed by atoms with Crippen molar-refractivity contribution in [2.45, 2.75) is 27.7 Å². The molecule has 0 spiro atoms. The van der Waals surface area contributed by atoms with Crippen molar-refractivity contribution in [1.82, 2.24) is 9.97 Å². The maximum absolute atomic E-state index is 4.83. The molecule has 0 bridgehead atoms. The largest absolute Gasteiger partial charge is 0.256 e. The summed E-state index contributed by atoms with van der Waals surface area (Å²) in [5.41, 5.74) is 11.6. The van der Waals surface area contributed by atoms with E-state index in [2.05, 4.69) is 105 Å². The number of hydrogen-bond acceptors (Lipinski definition) is 2. The smallest absolute Gasteiger partial charge is 0.0780 e. The highest BCUT2D eigenvalue weighted by molar-refractivity contribution is 5.97. The predicted octanol–water partition coefficient (Wildman–Crippen LogP) is 7.86. The van der Waals surface area contributed by atoms with Crippen LogP contribution in [0.5, 0.6) is 0 Å². The van der Waals surface area contributed by atoms with E-state index in [0.29, 0.717) is 0 Å². The van der Waals surface area contributed by atoms with Crippen LogP contribution < -0.4 is 0 Å². The Labute approximate surface area is 189 Å². The van der Waals surface area contributed by atoms with E-state index in [4.69, 9.17) is 4.98 Å². The molecular formula is C30H26N2. The number of pyridine rings is 2. The van der Waals surface area contributed by atoms with E-state index in [1.807, 2.05) is 12.4 Å². The van der Waals surface area contributed by atoms with Gasteiger partial charge in [0, 0.05) is 28.9 Å². The van der Waals surface area contributed by atoms with E-state index in [0.717, 1.165) is 22.5 Å². The van der Waals surface area contributed by atoms with Gasteiger partial charge in [-0.2, -0.15) is 0 Å². The molecule has 0 aliphatic heterocycles. The van der Waals surface area contributed by atoms with Crippen molar-refractivity contribution in [1.29, 1.82) is 0 Å². The van der Waals surface area contributed by atoms with Gasteiger partial charge in [-0.25, -0.2) is 0 Å². The van der Waals surface area contributed by atoms with Gasteiger partial charge in [-0.3, -0.25) is 9.97 Å². The Kier molecular flexibility index (Phi) is 5.07. The van der Waals surface area contributed by atoms with Gasteiger partial charge in [0.15, 0.2) is 0 Å². The fourth-order valence-electron chi connectivity index (χ4n) is 4.33. The molecule has 0 fully saturated rings. The van der Waals surface area contributed by atoms with Crippen LogP contribution in [0, 0.1) is 27.7 Å². The van der Waals surface area contributed by atoms with Crippen molar-refractivity contribution in [2.24, 2.45) is 0 Å². The number of nitrogens with zero attached hydrogens (tertiary/aromatic N) is 2. The highest BCUT2D eigenvalue weighted by Crippen LogP contribution is 2.35. The zero-order chi connectivity index (χ0) is 22.2. The van der Waals surface area contributed by atoms with Crippen LogP contribution in [0.2, 0.25) is 0 Å². The molecule has 0 unspecified atom stereocenters. The summed E-state index contributed by atoms with van der Waals surface area (Å²) in [6, 6.07) is 26.0. The van der Waals surface area contributed by atoms with Gasteiger partial charge >= 0.3 is 0 Å². The second kappa shape index (κ2) is 8.05.